The molecule has 1 saturated carbocycles. The second kappa shape index (κ2) is 17.6. The summed E-state index contributed by atoms with van der Waals surface area (Å²) in [5, 5.41) is 10.4. The number of hydrogen-bond acceptors (Lipinski definition) is 6. The molecule has 2 amide bonds. The zero-order chi connectivity index (χ0) is 33.9. The Balaban J connectivity index is 1.06. The molecular weight excluding hydrogens is 606 g/mol. The van der Waals surface area contributed by atoms with E-state index >= 15 is 0 Å². The maximum Gasteiger partial charge on any atom is 0.412 e. The first-order chi connectivity index (χ1) is 23.4. The maximum atomic E-state index is 12.6. The number of fused-ring (bicyclic) bond motifs is 1. The second-order valence-electron chi connectivity index (χ2n) is 13.0. The topological polar surface area (TPSA) is 91.8 Å². The highest BCUT2D eigenvalue weighted by Crippen LogP contribution is 2.43. The molecule has 3 atom stereocenters. The number of likely N-dealkylation sites (tertiary alicyclic amines) is 1. The average molecular weight is 658 g/mol. The van der Waals surface area contributed by atoms with Crippen molar-refractivity contribution in [2.24, 2.45) is 11.8 Å². The molecule has 0 bridgehead atoms. The summed E-state index contributed by atoms with van der Waals surface area (Å²) < 4.78 is 16.3. The van der Waals surface area contributed by atoms with Crippen LogP contribution in [0.25, 0.3) is 11.1 Å². The van der Waals surface area contributed by atoms with E-state index in [2.05, 4.69) is 29.2 Å². The first-order valence-corrected chi connectivity index (χ1v) is 17.3. The third-order valence-corrected chi connectivity index (χ3v) is 9.95. The number of carbonyl (C=O) groups excluding carboxylic acids is 1. The average Bonchev–Trinajstić information content (AvgIpc) is 3.67. The highest BCUT2D eigenvalue weighted by atomic mass is 16.7. The third-order valence-electron chi connectivity index (χ3n) is 9.95. The molecule has 2 fully saturated rings. The van der Waals surface area contributed by atoms with Gasteiger partial charge in [0.15, 0.2) is 6.29 Å². The van der Waals surface area contributed by atoms with E-state index in [0.29, 0.717) is 44.6 Å². The zero-order valence-corrected chi connectivity index (χ0v) is 28.6. The van der Waals surface area contributed by atoms with Crippen molar-refractivity contribution in [1.82, 2.24) is 9.80 Å². The molecule has 1 aliphatic heterocycles. The molecule has 258 valence electrons. The monoisotopic (exact) mass is 657 g/mol. The Hall–Kier alpha value is -3.76. The molecule has 5 rings (SSSR count). The van der Waals surface area contributed by atoms with Crippen LogP contribution in [0.4, 0.5) is 10.5 Å². The van der Waals surface area contributed by atoms with Gasteiger partial charge in [-0.1, -0.05) is 72.8 Å². The predicted molar refractivity (Wildman–Crippen MR) is 188 cm³/mol. The largest absolute Gasteiger partial charge is 0.465 e. The number of ether oxygens (including phenoxy) is 3. The van der Waals surface area contributed by atoms with Crippen molar-refractivity contribution >= 4 is 17.7 Å². The first kappa shape index (κ1) is 35.5. The van der Waals surface area contributed by atoms with E-state index in [4.69, 9.17) is 14.2 Å². The normalized spacial score (nSPS) is 19.0. The number of amides is 2. The van der Waals surface area contributed by atoms with Crippen LogP contribution in [0, 0.1) is 11.8 Å². The Bertz CT molecular complexity index is 1450. The number of carboxylic acid groups (broad SMARTS) is 1. The summed E-state index contributed by atoms with van der Waals surface area (Å²) in [7, 11) is 3.14. The molecule has 9 nitrogen and oxygen atoms in total. The van der Waals surface area contributed by atoms with Crippen molar-refractivity contribution in [2.75, 3.05) is 65.1 Å². The number of rotatable bonds is 17. The van der Waals surface area contributed by atoms with Gasteiger partial charge in [-0.3, -0.25) is 9.69 Å². The molecule has 1 unspecified atom stereocenters. The summed E-state index contributed by atoms with van der Waals surface area (Å²) in [6.07, 6.45) is 2.61. The lowest BCUT2D eigenvalue weighted by Crippen LogP contribution is -2.39. The molecule has 48 heavy (non-hydrogen) atoms. The van der Waals surface area contributed by atoms with E-state index < -0.39 is 12.4 Å². The Labute approximate surface area is 285 Å². The summed E-state index contributed by atoms with van der Waals surface area (Å²) in [6, 6.07) is 26.6. The third kappa shape index (κ3) is 9.23. The van der Waals surface area contributed by atoms with E-state index in [1.165, 1.54) is 11.1 Å². The van der Waals surface area contributed by atoms with E-state index in [-0.39, 0.29) is 11.9 Å². The van der Waals surface area contributed by atoms with Gasteiger partial charge in [-0.05, 0) is 67.2 Å². The van der Waals surface area contributed by atoms with Crippen LogP contribution < -0.4 is 4.90 Å². The number of hydrogen-bond donors (Lipinski definition) is 1. The predicted octanol–water partition coefficient (Wildman–Crippen LogP) is 6.21. The van der Waals surface area contributed by atoms with Gasteiger partial charge < -0.3 is 29.1 Å². The van der Waals surface area contributed by atoms with Crippen molar-refractivity contribution in [3.8, 4) is 11.1 Å². The minimum atomic E-state index is -0.874. The summed E-state index contributed by atoms with van der Waals surface area (Å²) in [5.41, 5.74) is 5.32. The number of carbonyl (C=O) groups is 2. The van der Waals surface area contributed by atoms with Gasteiger partial charge in [0.25, 0.3) is 0 Å². The van der Waals surface area contributed by atoms with Gasteiger partial charge in [0.2, 0.25) is 5.91 Å². The number of nitrogens with zero attached hydrogens (tertiary/aromatic N) is 3. The molecule has 0 radical (unpaired) electrons. The van der Waals surface area contributed by atoms with Crippen LogP contribution in [0.5, 0.6) is 0 Å². The van der Waals surface area contributed by atoms with E-state index in [9.17, 15) is 14.7 Å². The van der Waals surface area contributed by atoms with Crippen molar-refractivity contribution in [3.05, 3.63) is 90.0 Å². The highest BCUT2D eigenvalue weighted by Gasteiger charge is 2.44. The van der Waals surface area contributed by atoms with E-state index in [1.54, 1.807) is 24.0 Å². The molecule has 9 heteroatoms. The molecule has 1 saturated heterocycles. The van der Waals surface area contributed by atoms with Gasteiger partial charge in [0, 0.05) is 52.0 Å². The molecule has 0 aromatic heterocycles. The molecule has 2 aliphatic rings. The van der Waals surface area contributed by atoms with Crippen LogP contribution in [0.1, 0.15) is 37.3 Å². The number of benzene rings is 3. The fraction of sp³-hybridized carbons (Fsp3) is 0.487. The minimum absolute atomic E-state index is 0.00853. The Kier molecular flexibility index (Phi) is 13.0. The van der Waals surface area contributed by atoms with Crippen molar-refractivity contribution in [1.29, 1.82) is 0 Å². The molecular formula is C39H51N3O6. The molecule has 1 heterocycles. The summed E-state index contributed by atoms with van der Waals surface area (Å²) in [5.74, 6) is 1.07. The van der Waals surface area contributed by atoms with E-state index in [0.717, 1.165) is 62.1 Å². The van der Waals surface area contributed by atoms with Gasteiger partial charge in [-0.25, -0.2) is 4.79 Å². The maximum absolute atomic E-state index is 12.6. The lowest BCUT2D eigenvalue weighted by molar-refractivity contribution is -0.145. The quantitative estimate of drug-likeness (QED) is 0.136. The lowest BCUT2D eigenvalue weighted by atomic mass is 10.0. The van der Waals surface area contributed by atoms with Crippen molar-refractivity contribution in [2.45, 2.75) is 51.4 Å². The molecule has 0 spiro atoms. The van der Waals surface area contributed by atoms with Crippen LogP contribution in [0.2, 0.25) is 0 Å². The van der Waals surface area contributed by atoms with Crippen molar-refractivity contribution in [3.63, 3.8) is 0 Å². The number of anilines is 1. The van der Waals surface area contributed by atoms with Crippen LogP contribution in [0.3, 0.4) is 0 Å². The van der Waals surface area contributed by atoms with Gasteiger partial charge in [0.1, 0.15) is 0 Å². The molecule has 3 aromatic rings. The van der Waals surface area contributed by atoms with Crippen LogP contribution >= 0.6 is 0 Å². The van der Waals surface area contributed by atoms with Crippen LogP contribution in [-0.2, 0) is 31.8 Å². The van der Waals surface area contributed by atoms with Crippen LogP contribution in [0.15, 0.2) is 78.9 Å². The lowest BCUT2D eigenvalue weighted by Gasteiger charge is -2.29. The van der Waals surface area contributed by atoms with Gasteiger partial charge >= 0.3 is 6.09 Å². The number of likely N-dealkylation sites (N-methyl/N-ethyl adjacent to an activating group) is 1. The number of para-hydroxylation sites is 1. The summed E-state index contributed by atoms with van der Waals surface area (Å²) in [4.78, 5) is 31.1. The second-order valence-corrected chi connectivity index (χ2v) is 13.0. The zero-order valence-electron chi connectivity index (χ0n) is 28.6. The first-order valence-electron chi connectivity index (χ1n) is 17.3. The minimum Gasteiger partial charge on any atom is -0.465 e. The fourth-order valence-corrected chi connectivity index (χ4v) is 7.43. The molecule has 1 N–H and O–H groups in total. The van der Waals surface area contributed by atoms with Gasteiger partial charge in [-0.15, -0.1) is 0 Å². The fourth-order valence-electron chi connectivity index (χ4n) is 7.43. The van der Waals surface area contributed by atoms with E-state index in [1.807, 2.05) is 61.5 Å². The van der Waals surface area contributed by atoms with Gasteiger partial charge in [-0.2, -0.15) is 0 Å². The number of methoxy groups -OCH3 is 2. The Morgan fingerprint density at radius 2 is 1.54 bits per heavy atom. The smallest absolute Gasteiger partial charge is 0.412 e. The Morgan fingerprint density at radius 1 is 0.875 bits per heavy atom. The van der Waals surface area contributed by atoms with Crippen LogP contribution in [-0.4, -0.2) is 99.4 Å². The highest BCUT2D eigenvalue weighted by molar-refractivity contribution is 5.93. The van der Waals surface area contributed by atoms with Gasteiger partial charge in [0.05, 0.1) is 31.9 Å². The summed E-state index contributed by atoms with van der Waals surface area (Å²) in [6.45, 7) is 6.96. The standard InChI is InChI=1S/C39H51N3O6/c1-4-41(28-38(46-2)47-3)37(43)19-22-48-21-18-30-12-10-11-29(23-30)17-20-40-26-32-24-34(25-33(32)27-40)42(39(44)45)36-16-9-8-15-35(36)31-13-6-5-7-14-31/h5-16,23,32-34,38H,4,17-22,24-28H2,1-3H3,(H,44,45)/t32-,33+,34?. The SMILES string of the molecule is CCN(CC(OC)OC)C(=O)CCOCCc1cccc(CCN2C[C@H]3CC(N(C(=O)O)c4ccccc4-c4ccccc4)C[C@H]3C2)c1. The molecule has 3 aromatic carbocycles. The summed E-state index contributed by atoms with van der Waals surface area (Å²) >= 11 is 0. The molecule has 1 aliphatic carbocycles. The van der Waals surface area contributed by atoms with Crippen molar-refractivity contribution < 1.29 is 28.9 Å². The Morgan fingerprint density at radius 3 is 2.21 bits per heavy atom.